The molecule has 0 radical (unpaired) electrons. The maximum absolute atomic E-state index is 5.08. The van der Waals surface area contributed by atoms with Crippen molar-refractivity contribution in [3.8, 4) is 5.69 Å². The van der Waals surface area contributed by atoms with E-state index in [0.717, 1.165) is 71.6 Å². The zero-order valence-electron chi connectivity index (χ0n) is 32.7. The Hall–Kier alpha value is -7.28. The quantitative estimate of drug-likeness (QED) is 0.114. The number of benzene rings is 7. The van der Waals surface area contributed by atoms with Gasteiger partial charge in [-0.25, -0.2) is 9.98 Å². The van der Waals surface area contributed by atoms with E-state index in [2.05, 4.69) is 168 Å². The van der Waals surface area contributed by atoms with E-state index in [9.17, 15) is 0 Å². The second kappa shape index (κ2) is 16.7. The molecule has 0 spiro atoms. The molecule has 8 aromatic rings. The number of hydrogen-bond acceptors (Lipinski definition) is 3. The van der Waals surface area contributed by atoms with Gasteiger partial charge in [-0.3, -0.25) is 4.99 Å². The minimum Gasteiger partial charge on any atom is -0.315 e. The van der Waals surface area contributed by atoms with Gasteiger partial charge in [-0.2, -0.15) is 0 Å². The van der Waals surface area contributed by atoms with Crippen LogP contribution >= 0.6 is 11.8 Å². The highest BCUT2D eigenvalue weighted by Crippen LogP contribution is 2.50. The van der Waals surface area contributed by atoms with Crippen LogP contribution in [-0.2, 0) is 6.54 Å². The summed E-state index contributed by atoms with van der Waals surface area (Å²) in [5, 5.41) is 2.31. The third-order valence-corrected chi connectivity index (χ3v) is 11.7. The summed E-state index contributed by atoms with van der Waals surface area (Å²) < 4.78 is 2.38. The largest absolute Gasteiger partial charge is 0.315 e. The number of para-hydroxylation sites is 2. The number of aromatic nitrogens is 1. The molecule has 0 bridgehead atoms. The molecule has 7 aromatic carbocycles. The van der Waals surface area contributed by atoms with Crippen LogP contribution in [0, 0.1) is 6.92 Å². The van der Waals surface area contributed by atoms with Crippen LogP contribution in [0.3, 0.4) is 0 Å². The Labute approximate surface area is 349 Å². The first-order valence-electron chi connectivity index (χ1n) is 19.6. The molecular weight excluding hydrogens is 739 g/mol. The van der Waals surface area contributed by atoms with Crippen molar-refractivity contribution in [1.82, 2.24) is 4.57 Å². The maximum atomic E-state index is 5.08. The van der Waals surface area contributed by atoms with Crippen molar-refractivity contribution < 1.29 is 0 Å². The van der Waals surface area contributed by atoms with Crippen molar-refractivity contribution >= 4 is 68.9 Å². The Morgan fingerprint density at radius 3 is 2.08 bits per heavy atom. The van der Waals surface area contributed by atoms with Crippen molar-refractivity contribution in [3.05, 3.63) is 229 Å². The molecule has 9 rings (SSSR count). The second-order valence-electron chi connectivity index (χ2n) is 14.3. The molecule has 284 valence electrons. The first-order chi connectivity index (χ1) is 29.1. The van der Waals surface area contributed by atoms with Gasteiger partial charge in [-0.1, -0.05) is 158 Å². The molecule has 0 amide bonds. The normalized spacial score (nSPS) is 14.2. The molecule has 0 unspecified atom stereocenters. The Morgan fingerprint density at radius 1 is 0.627 bits per heavy atom. The average molecular weight is 780 g/mol. The van der Waals surface area contributed by atoms with Crippen molar-refractivity contribution in [2.45, 2.75) is 23.3 Å². The molecular formula is C53H41N5S. The summed E-state index contributed by atoms with van der Waals surface area (Å²) in [5.41, 5.74) is 11.4. The highest BCUT2D eigenvalue weighted by molar-refractivity contribution is 7.99. The molecule has 2 heterocycles. The van der Waals surface area contributed by atoms with Gasteiger partial charge in [0.15, 0.2) is 11.7 Å². The Morgan fingerprint density at radius 2 is 1.31 bits per heavy atom. The SMILES string of the molecule is C=NC(=NC(=NCc1ccccc1)c1ccccc1)c1cccc(N2/C=C\C=C/C(=C)c3c2c(Sc2ccccc2C)cc2c3c3ccccc3n2-c2ccccc2)c1. The van der Waals surface area contributed by atoms with Gasteiger partial charge < -0.3 is 9.47 Å². The number of amidine groups is 2. The fourth-order valence-electron chi connectivity index (χ4n) is 7.66. The summed E-state index contributed by atoms with van der Waals surface area (Å²) in [4.78, 5) is 19.1. The lowest BCUT2D eigenvalue weighted by molar-refractivity contribution is 1.06. The average Bonchev–Trinajstić information content (AvgIpc) is 3.61. The predicted octanol–water partition coefficient (Wildman–Crippen LogP) is 13.6. The number of rotatable bonds is 8. The number of anilines is 2. The van der Waals surface area contributed by atoms with Crippen molar-refractivity contribution in [2.24, 2.45) is 15.0 Å². The topological polar surface area (TPSA) is 45.2 Å². The zero-order valence-corrected chi connectivity index (χ0v) is 33.6. The smallest absolute Gasteiger partial charge is 0.161 e. The lowest BCUT2D eigenvalue weighted by Gasteiger charge is -2.29. The predicted molar refractivity (Wildman–Crippen MR) is 251 cm³/mol. The molecule has 5 nitrogen and oxygen atoms in total. The number of aliphatic imine (C=N–C) groups is 3. The second-order valence-corrected chi connectivity index (χ2v) is 15.4. The van der Waals surface area contributed by atoms with Crippen LogP contribution in [0.1, 0.15) is 27.8 Å². The van der Waals surface area contributed by atoms with Gasteiger partial charge in [-0.15, -0.1) is 0 Å². The van der Waals surface area contributed by atoms with Crippen molar-refractivity contribution in [3.63, 3.8) is 0 Å². The van der Waals surface area contributed by atoms with Crippen LogP contribution < -0.4 is 4.90 Å². The molecule has 0 saturated heterocycles. The van der Waals surface area contributed by atoms with Crippen LogP contribution in [0.15, 0.2) is 226 Å². The summed E-state index contributed by atoms with van der Waals surface area (Å²) in [7, 11) is 0. The van der Waals surface area contributed by atoms with Gasteiger partial charge in [0.2, 0.25) is 0 Å². The lowest BCUT2D eigenvalue weighted by Crippen LogP contribution is -2.14. The molecule has 6 heteroatoms. The first-order valence-corrected chi connectivity index (χ1v) is 20.4. The molecule has 0 saturated carbocycles. The van der Waals surface area contributed by atoms with Gasteiger partial charge in [-0.05, 0) is 78.9 Å². The number of hydrogen-bond donors (Lipinski definition) is 0. The van der Waals surface area contributed by atoms with Crippen LogP contribution in [-0.4, -0.2) is 23.0 Å². The van der Waals surface area contributed by atoms with Crippen molar-refractivity contribution in [2.75, 3.05) is 4.90 Å². The number of allylic oxidation sites excluding steroid dienone is 4. The van der Waals surface area contributed by atoms with E-state index in [1.54, 1.807) is 11.8 Å². The highest BCUT2D eigenvalue weighted by Gasteiger charge is 2.27. The molecule has 0 fully saturated rings. The molecule has 1 aliphatic heterocycles. The van der Waals surface area contributed by atoms with Crippen molar-refractivity contribution in [1.29, 1.82) is 0 Å². The fourth-order valence-corrected chi connectivity index (χ4v) is 8.74. The summed E-state index contributed by atoms with van der Waals surface area (Å²) in [6.45, 7) is 11.4. The highest BCUT2D eigenvalue weighted by atomic mass is 32.2. The number of nitrogens with zero attached hydrogens (tertiary/aromatic N) is 5. The zero-order chi connectivity index (χ0) is 40.1. The molecule has 1 aliphatic rings. The minimum atomic E-state index is 0.485. The Kier molecular flexibility index (Phi) is 10.5. The maximum Gasteiger partial charge on any atom is 0.161 e. The van der Waals surface area contributed by atoms with Crippen LogP contribution in [0.4, 0.5) is 11.4 Å². The monoisotopic (exact) mass is 779 g/mol. The van der Waals surface area contributed by atoms with E-state index in [4.69, 9.17) is 16.6 Å². The Balaban J connectivity index is 1.26. The van der Waals surface area contributed by atoms with Gasteiger partial charge >= 0.3 is 0 Å². The fraction of sp³-hybridized carbons (Fsp3) is 0.0377. The van der Waals surface area contributed by atoms with E-state index in [-0.39, 0.29) is 0 Å². The Bertz CT molecular complexity index is 2980. The first kappa shape index (κ1) is 37.3. The van der Waals surface area contributed by atoms with Gasteiger partial charge in [0.1, 0.15) is 0 Å². The third-order valence-electron chi connectivity index (χ3n) is 10.5. The lowest BCUT2D eigenvalue weighted by atomic mass is 9.96. The van der Waals surface area contributed by atoms with Gasteiger partial charge in [0.05, 0.1) is 23.3 Å². The number of fused-ring (bicyclic) bond motifs is 5. The van der Waals surface area contributed by atoms with Gasteiger partial charge in [0.25, 0.3) is 0 Å². The van der Waals surface area contributed by atoms with E-state index in [1.165, 1.54) is 10.5 Å². The third kappa shape index (κ3) is 7.50. The minimum absolute atomic E-state index is 0.485. The standard InChI is InChI=1S/C53H41N5S/c1-37-20-13-16-32-47(37)59-48-35-46-50(44-30-14-15-31-45(44)58(46)42-27-11-6-12-28-42)49-38(2)21-17-18-33-57(51(48)49)43-29-19-26-41(34-43)52(54-3)56-53(40-24-9-5-10-25-40)55-36-39-22-7-4-8-23-39/h4-35H,2-3,36H2,1H3/b21-17-,33-18-,55-53?,56-52?. The van der Waals surface area contributed by atoms with E-state index >= 15 is 0 Å². The molecule has 0 atom stereocenters. The summed E-state index contributed by atoms with van der Waals surface area (Å²) >= 11 is 1.78. The summed E-state index contributed by atoms with van der Waals surface area (Å²) in [6, 6.07) is 58.8. The number of aryl methyl sites for hydroxylation is 1. The van der Waals surface area contributed by atoms with E-state index in [0.29, 0.717) is 18.2 Å². The van der Waals surface area contributed by atoms with E-state index < -0.39 is 0 Å². The molecule has 1 aromatic heterocycles. The van der Waals surface area contributed by atoms with Crippen LogP contribution in [0.25, 0.3) is 33.1 Å². The van der Waals surface area contributed by atoms with Crippen LogP contribution in [0.2, 0.25) is 0 Å². The van der Waals surface area contributed by atoms with E-state index in [1.807, 2.05) is 54.6 Å². The van der Waals surface area contributed by atoms with Crippen LogP contribution in [0.5, 0.6) is 0 Å². The summed E-state index contributed by atoms with van der Waals surface area (Å²) in [5.74, 6) is 1.08. The summed E-state index contributed by atoms with van der Waals surface area (Å²) in [6.07, 6.45) is 8.40. The molecule has 0 N–H and O–H groups in total. The molecule has 59 heavy (non-hydrogen) atoms. The molecule has 0 aliphatic carbocycles. The van der Waals surface area contributed by atoms with Gasteiger partial charge in [0, 0.05) is 54.8 Å².